The number of carbonyl (C=O) groups excluding carboxylic acids is 1. The molecule has 2 aromatic rings. The van der Waals surface area contributed by atoms with Gasteiger partial charge in [-0.1, -0.05) is 42.1 Å². The fourth-order valence-corrected chi connectivity index (χ4v) is 4.66. The number of halogens is 1. The summed E-state index contributed by atoms with van der Waals surface area (Å²) < 4.78 is 2.02. The minimum Gasteiger partial charge on any atom is -0.354 e. The molecule has 1 N–H and O–H groups in total. The number of aromatic nitrogens is 2. The molecule has 1 aliphatic carbocycles. The Bertz CT molecular complexity index is 1010. The molecule has 2 heterocycles. The number of amides is 1. The summed E-state index contributed by atoms with van der Waals surface area (Å²) in [5, 5.41) is 5.00. The van der Waals surface area contributed by atoms with Crippen LogP contribution in [0.15, 0.2) is 52.8 Å². The summed E-state index contributed by atoms with van der Waals surface area (Å²) in [4.78, 5) is 21.0. The van der Waals surface area contributed by atoms with Crippen LogP contribution >= 0.6 is 23.4 Å². The zero-order valence-corrected chi connectivity index (χ0v) is 19.3. The molecule has 3 unspecified atom stereocenters. The molecular weight excluding hydrogens is 416 g/mol. The van der Waals surface area contributed by atoms with E-state index in [1.165, 1.54) is 5.56 Å². The lowest BCUT2D eigenvalue weighted by Gasteiger charge is -2.19. The standard InChI is InChI=1S/C23H27ClN4OS/c1-14(2)27-21(29)18-11-17(18)15-5-7-16(8-6-15)20-22(28(4)13-26-20)30-19-9-10-23(3,24)12-25-19/h5-10,13-14,17-18H,11-12H2,1-4H3,(H,27,29). The van der Waals surface area contributed by atoms with E-state index in [1.807, 2.05) is 50.9 Å². The number of nitrogens with zero attached hydrogens (tertiary/aromatic N) is 3. The fourth-order valence-electron chi connectivity index (χ4n) is 3.62. The van der Waals surface area contributed by atoms with Crippen molar-refractivity contribution in [2.45, 2.75) is 49.1 Å². The van der Waals surface area contributed by atoms with Crippen molar-refractivity contribution in [2.75, 3.05) is 6.54 Å². The molecule has 1 aromatic heterocycles. The van der Waals surface area contributed by atoms with Crippen molar-refractivity contribution >= 4 is 34.3 Å². The van der Waals surface area contributed by atoms with Crippen molar-refractivity contribution in [2.24, 2.45) is 18.0 Å². The summed E-state index contributed by atoms with van der Waals surface area (Å²) in [5.41, 5.74) is 3.22. The molecule has 3 atom stereocenters. The number of hydrogen-bond donors (Lipinski definition) is 1. The lowest BCUT2D eigenvalue weighted by Crippen LogP contribution is -2.31. The molecule has 2 aliphatic rings. The van der Waals surface area contributed by atoms with Crippen LogP contribution < -0.4 is 5.32 Å². The molecule has 0 bridgehead atoms. The number of aliphatic imine (C=N–C) groups is 1. The smallest absolute Gasteiger partial charge is 0.223 e. The van der Waals surface area contributed by atoms with Gasteiger partial charge in [-0.3, -0.25) is 9.79 Å². The van der Waals surface area contributed by atoms with Gasteiger partial charge in [0, 0.05) is 24.6 Å². The van der Waals surface area contributed by atoms with Gasteiger partial charge in [0.15, 0.2) is 0 Å². The second-order valence-corrected chi connectivity index (χ2v) is 10.5. The topological polar surface area (TPSA) is 59.3 Å². The molecule has 0 spiro atoms. The van der Waals surface area contributed by atoms with Gasteiger partial charge in [-0.05, 0) is 44.7 Å². The average molecular weight is 443 g/mol. The maximum atomic E-state index is 12.2. The zero-order valence-electron chi connectivity index (χ0n) is 17.7. The number of hydrogen-bond acceptors (Lipinski definition) is 4. The van der Waals surface area contributed by atoms with Crippen molar-refractivity contribution in [1.29, 1.82) is 0 Å². The summed E-state index contributed by atoms with van der Waals surface area (Å²) in [7, 11) is 1.99. The first-order valence-electron chi connectivity index (χ1n) is 10.3. The number of rotatable bonds is 5. The van der Waals surface area contributed by atoms with E-state index < -0.39 is 4.87 Å². The normalized spacial score (nSPS) is 25.3. The highest BCUT2D eigenvalue weighted by Gasteiger charge is 2.43. The first kappa shape index (κ1) is 21.2. The van der Waals surface area contributed by atoms with E-state index in [1.54, 1.807) is 11.8 Å². The molecule has 0 saturated heterocycles. The predicted molar refractivity (Wildman–Crippen MR) is 124 cm³/mol. The Hall–Kier alpha value is -2.05. The summed E-state index contributed by atoms with van der Waals surface area (Å²) in [6.07, 6.45) is 6.73. The molecule has 5 nitrogen and oxygen atoms in total. The number of thioether (sulfide) groups is 1. The van der Waals surface area contributed by atoms with Gasteiger partial charge in [0.25, 0.3) is 0 Å². The number of imidazole rings is 1. The highest BCUT2D eigenvalue weighted by molar-refractivity contribution is 8.14. The summed E-state index contributed by atoms with van der Waals surface area (Å²) in [6.45, 7) is 6.52. The molecule has 30 heavy (non-hydrogen) atoms. The molecule has 0 radical (unpaired) electrons. The van der Waals surface area contributed by atoms with Gasteiger partial charge in [-0.2, -0.15) is 0 Å². The van der Waals surface area contributed by atoms with Crippen molar-refractivity contribution < 1.29 is 4.79 Å². The zero-order chi connectivity index (χ0) is 21.5. The van der Waals surface area contributed by atoms with E-state index in [2.05, 4.69) is 39.6 Å². The van der Waals surface area contributed by atoms with Crippen molar-refractivity contribution in [1.82, 2.24) is 14.9 Å². The van der Waals surface area contributed by atoms with E-state index >= 15 is 0 Å². The Morgan fingerprint density at radius 3 is 2.70 bits per heavy atom. The highest BCUT2D eigenvalue weighted by Crippen LogP contribution is 2.48. The molecule has 1 aromatic carbocycles. The summed E-state index contributed by atoms with van der Waals surface area (Å²) in [5.74, 6) is 0.585. The Morgan fingerprint density at radius 2 is 2.07 bits per heavy atom. The number of nitrogens with one attached hydrogen (secondary N) is 1. The number of aryl methyl sites for hydroxylation is 1. The van der Waals surface area contributed by atoms with Gasteiger partial charge in [-0.15, -0.1) is 11.6 Å². The van der Waals surface area contributed by atoms with Gasteiger partial charge in [0.2, 0.25) is 5.91 Å². The predicted octanol–water partition coefficient (Wildman–Crippen LogP) is 4.77. The van der Waals surface area contributed by atoms with Crippen LogP contribution in [0, 0.1) is 5.92 Å². The monoisotopic (exact) mass is 442 g/mol. The number of dihydropyridines is 1. The quantitative estimate of drug-likeness (QED) is 0.678. The third-order valence-electron chi connectivity index (χ3n) is 5.37. The van der Waals surface area contributed by atoms with E-state index in [0.717, 1.165) is 27.7 Å². The average Bonchev–Trinajstić information content (AvgIpc) is 3.42. The Kier molecular flexibility index (Phi) is 5.82. The number of alkyl halides is 1. The Morgan fingerprint density at radius 1 is 1.33 bits per heavy atom. The van der Waals surface area contributed by atoms with Crippen LogP contribution in [-0.4, -0.2) is 38.0 Å². The number of benzene rings is 1. The molecule has 1 aliphatic heterocycles. The second-order valence-electron chi connectivity index (χ2n) is 8.61. The Balaban J connectivity index is 1.48. The van der Waals surface area contributed by atoms with Crippen LogP contribution in [0.2, 0.25) is 0 Å². The maximum Gasteiger partial charge on any atom is 0.223 e. The number of carbonyl (C=O) groups is 1. The SMILES string of the molecule is CC(C)NC(=O)C1CC1c1ccc(-c2ncn(C)c2SC2=NCC(C)(Cl)C=C2)cc1. The van der Waals surface area contributed by atoms with Gasteiger partial charge < -0.3 is 9.88 Å². The second kappa shape index (κ2) is 8.23. The third-order valence-corrected chi connectivity index (χ3v) is 6.77. The van der Waals surface area contributed by atoms with Gasteiger partial charge >= 0.3 is 0 Å². The minimum atomic E-state index is -0.401. The Labute approximate surface area is 187 Å². The molecule has 158 valence electrons. The maximum absolute atomic E-state index is 12.2. The molecular formula is C23H27ClN4OS. The minimum absolute atomic E-state index is 0.0999. The molecule has 4 rings (SSSR count). The van der Waals surface area contributed by atoms with Crippen LogP contribution in [0.5, 0.6) is 0 Å². The van der Waals surface area contributed by atoms with Crippen LogP contribution in [0.1, 0.15) is 38.7 Å². The van der Waals surface area contributed by atoms with Crippen molar-refractivity contribution in [3.63, 3.8) is 0 Å². The first-order chi connectivity index (χ1) is 14.2. The molecule has 1 amide bonds. The van der Waals surface area contributed by atoms with Crippen molar-refractivity contribution in [3.8, 4) is 11.3 Å². The van der Waals surface area contributed by atoms with E-state index in [4.69, 9.17) is 11.6 Å². The summed E-state index contributed by atoms with van der Waals surface area (Å²) >= 11 is 7.94. The molecule has 1 saturated carbocycles. The van der Waals surface area contributed by atoms with Gasteiger partial charge in [0.1, 0.15) is 10.7 Å². The van der Waals surface area contributed by atoms with Crippen LogP contribution in [0.4, 0.5) is 0 Å². The van der Waals surface area contributed by atoms with Crippen molar-refractivity contribution in [3.05, 3.63) is 48.3 Å². The van der Waals surface area contributed by atoms with Crippen LogP contribution in [0.25, 0.3) is 11.3 Å². The van der Waals surface area contributed by atoms with Crippen LogP contribution in [0.3, 0.4) is 0 Å². The van der Waals surface area contributed by atoms with E-state index in [9.17, 15) is 4.79 Å². The molecule has 1 fully saturated rings. The van der Waals surface area contributed by atoms with E-state index in [0.29, 0.717) is 12.5 Å². The third kappa shape index (κ3) is 4.65. The summed E-state index contributed by atoms with van der Waals surface area (Å²) in [6, 6.07) is 8.64. The molecule has 7 heteroatoms. The fraction of sp³-hybridized carbons (Fsp3) is 0.435. The largest absolute Gasteiger partial charge is 0.354 e. The highest BCUT2D eigenvalue weighted by atomic mass is 35.5. The lowest BCUT2D eigenvalue weighted by molar-refractivity contribution is -0.122. The van der Waals surface area contributed by atoms with E-state index in [-0.39, 0.29) is 17.9 Å². The first-order valence-corrected chi connectivity index (χ1v) is 11.5. The lowest BCUT2D eigenvalue weighted by atomic mass is 10.0. The van der Waals surface area contributed by atoms with Crippen LogP contribution in [-0.2, 0) is 11.8 Å². The van der Waals surface area contributed by atoms with Gasteiger partial charge in [-0.25, -0.2) is 4.98 Å². The van der Waals surface area contributed by atoms with Gasteiger partial charge in [0.05, 0.1) is 22.8 Å².